The zero-order chi connectivity index (χ0) is 17.8. The molecule has 2 aromatic rings. The van der Waals surface area contributed by atoms with Gasteiger partial charge in [0.15, 0.2) is 0 Å². The standard InChI is InChI=1S/C21H24N2O2/c1-15-11-16(2)13-18(12-15)21(25)22-14-20(24)23-10-6-9-19(23)17-7-4-3-5-8-17/h3-5,7-8,11-13,19H,6,9-10,14H2,1-2H3,(H,22,25)/t19-/m1/s1. The highest BCUT2D eigenvalue weighted by Gasteiger charge is 2.29. The number of hydrogen-bond donors (Lipinski definition) is 1. The number of likely N-dealkylation sites (tertiary alicyclic amines) is 1. The van der Waals surface area contributed by atoms with Crippen LogP contribution in [0, 0.1) is 13.8 Å². The topological polar surface area (TPSA) is 49.4 Å². The normalized spacial score (nSPS) is 16.7. The van der Waals surface area contributed by atoms with Crippen LogP contribution in [-0.2, 0) is 4.79 Å². The zero-order valence-corrected chi connectivity index (χ0v) is 14.8. The molecule has 130 valence electrons. The fourth-order valence-electron chi connectivity index (χ4n) is 3.55. The molecule has 2 aromatic carbocycles. The van der Waals surface area contributed by atoms with Crippen molar-refractivity contribution in [1.82, 2.24) is 10.2 Å². The van der Waals surface area contributed by atoms with Crippen molar-refractivity contribution < 1.29 is 9.59 Å². The first-order valence-electron chi connectivity index (χ1n) is 8.75. The van der Waals surface area contributed by atoms with E-state index in [0.29, 0.717) is 5.56 Å². The van der Waals surface area contributed by atoms with E-state index in [1.165, 1.54) is 0 Å². The Morgan fingerprint density at radius 3 is 2.44 bits per heavy atom. The van der Waals surface area contributed by atoms with Gasteiger partial charge in [0.05, 0.1) is 12.6 Å². The first kappa shape index (κ1) is 17.2. The van der Waals surface area contributed by atoms with Crippen LogP contribution in [0.25, 0.3) is 0 Å². The second-order valence-corrected chi connectivity index (χ2v) is 6.71. The zero-order valence-electron chi connectivity index (χ0n) is 14.8. The van der Waals surface area contributed by atoms with E-state index >= 15 is 0 Å². The molecule has 1 heterocycles. The van der Waals surface area contributed by atoms with Crippen molar-refractivity contribution in [2.45, 2.75) is 32.7 Å². The number of benzene rings is 2. The molecule has 1 aliphatic rings. The summed E-state index contributed by atoms with van der Waals surface area (Å²) < 4.78 is 0. The molecule has 1 aliphatic heterocycles. The van der Waals surface area contributed by atoms with E-state index in [-0.39, 0.29) is 24.4 Å². The lowest BCUT2D eigenvalue weighted by molar-refractivity contribution is -0.131. The Balaban J connectivity index is 1.63. The third-order valence-corrected chi connectivity index (χ3v) is 4.64. The molecule has 0 aromatic heterocycles. The van der Waals surface area contributed by atoms with Gasteiger partial charge in [-0.1, -0.05) is 47.5 Å². The maximum atomic E-state index is 12.6. The van der Waals surface area contributed by atoms with Crippen molar-refractivity contribution in [1.29, 1.82) is 0 Å². The average Bonchev–Trinajstić information content (AvgIpc) is 3.09. The predicted octanol–water partition coefficient (Wildman–Crippen LogP) is 3.40. The van der Waals surface area contributed by atoms with Crippen LogP contribution in [0.2, 0.25) is 0 Å². The summed E-state index contributed by atoms with van der Waals surface area (Å²) in [4.78, 5) is 26.8. The smallest absolute Gasteiger partial charge is 0.251 e. The Hall–Kier alpha value is -2.62. The van der Waals surface area contributed by atoms with Gasteiger partial charge in [0, 0.05) is 12.1 Å². The minimum absolute atomic E-state index is 0.0240. The summed E-state index contributed by atoms with van der Waals surface area (Å²) in [6.45, 7) is 4.71. The quantitative estimate of drug-likeness (QED) is 0.930. The van der Waals surface area contributed by atoms with Crippen molar-refractivity contribution >= 4 is 11.8 Å². The van der Waals surface area contributed by atoms with Crippen molar-refractivity contribution in [3.8, 4) is 0 Å². The van der Waals surface area contributed by atoms with Crippen LogP contribution >= 0.6 is 0 Å². The summed E-state index contributed by atoms with van der Waals surface area (Å²) in [6, 6.07) is 15.9. The molecule has 4 heteroatoms. The van der Waals surface area contributed by atoms with Gasteiger partial charge in [0.1, 0.15) is 0 Å². The monoisotopic (exact) mass is 336 g/mol. The summed E-state index contributed by atoms with van der Waals surface area (Å²) in [7, 11) is 0. The van der Waals surface area contributed by atoms with E-state index in [0.717, 1.165) is 36.1 Å². The second-order valence-electron chi connectivity index (χ2n) is 6.71. The molecular weight excluding hydrogens is 312 g/mol. The molecule has 0 spiro atoms. The molecule has 1 fully saturated rings. The molecule has 0 unspecified atom stereocenters. The van der Waals surface area contributed by atoms with Crippen LogP contribution in [0.3, 0.4) is 0 Å². The number of nitrogens with one attached hydrogen (secondary N) is 1. The molecule has 1 N–H and O–H groups in total. The number of nitrogens with zero attached hydrogens (tertiary/aromatic N) is 1. The Bertz CT molecular complexity index is 750. The maximum Gasteiger partial charge on any atom is 0.251 e. The highest BCUT2D eigenvalue weighted by Crippen LogP contribution is 2.31. The molecule has 3 rings (SSSR count). The summed E-state index contributed by atoms with van der Waals surface area (Å²) in [5.41, 5.74) is 3.85. The lowest BCUT2D eigenvalue weighted by Crippen LogP contribution is -2.39. The number of rotatable bonds is 4. The van der Waals surface area contributed by atoms with Crippen molar-refractivity contribution in [2.24, 2.45) is 0 Å². The molecule has 25 heavy (non-hydrogen) atoms. The van der Waals surface area contributed by atoms with E-state index in [2.05, 4.69) is 17.4 Å². The van der Waals surface area contributed by atoms with Crippen LogP contribution in [0.5, 0.6) is 0 Å². The number of amides is 2. The molecule has 0 saturated carbocycles. The summed E-state index contributed by atoms with van der Waals surface area (Å²) >= 11 is 0. The molecular formula is C21H24N2O2. The summed E-state index contributed by atoms with van der Waals surface area (Å²) in [5, 5.41) is 2.77. The van der Waals surface area contributed by atoms with Gasteiger partial charge in [0.25, 0.3) is 5.91 Å². The molecule has 0 aliphatic carbocycles. The highest BCUT2D eigenvalue weighted by atomic mass is 16.2. The Kier molecular flexibility index (Phi) is 5.17. The van der Waals surface area contributed by atoms with Gasteiger partial charge in [0.2, 0.25) is 5.91 Å². The van der Waals surface area contributed by atoms with Crippen LogP contribution in [0.1, 0.15) is 45.9 Å². The fourth-order valence-corrected chi connectivity index (χ4v) is 3.55. The van der Waals surface area contributed by atoms with Crippen molar-refractivity contribution in [3.63, 3.8) is 0 Å². The van der Waals surface area contributed by atoms with E-state index in [4.69, 9.17) is 0 Å². The SMILES string of the molecule is Cc1cc(C)cc(C(=O)NCC(=O)N2CCC[C@@H]2c2ccccc2)c1. The van der Waals surface area contributed by atoms with E-state index in [1.807, 2.05) is 55.1 Å². The molecule has 0 radical (unpaired) electrons. The number of carbonyl (C=O) groups is 2. The van der Waals surface area contributed by atoms with E-state index in [1.54, 1.807) is 0 Å². The fraction of sp³-hybridized carbons (Fsp3) is 0.333. The third kappa shape index (κ3) is 4.08. The van der Waals surface area contributed by atoms with Gasteiger partial charge in [-0.05, 0) is 44.4 Å². The van der Waals surface area contributed by atoms with Crippen LogP contribution in [0.15, 0.2) is 48.5 Å². The predicted molar refractivity (Wildman–Crippen MR) is 98.4 cm³/mol. The van der Waals surface area contributed by atoms with Gasteiger partial charge < -0.3 is 10.2 Å². The molecule has 1 atom stereocenters. The average molecular weight is 336 g/mol. The molecule has 2 amide bonds. The van der Waals surface area contributed by atoms with Crippen LogP contribution in [-0.4, -0.2) is 29.8 Å². The van der Waals surface area contributed by atoms with E-state index < -0.39 is 0 Å². The van der Waals surface area contributed by atoms with Crippen molar-refractivity contribution in [3.05, 3.63) is 70.8 Å². The lowest BCUT2D eigenvalue weighted by Gasteiger charge is -2.25. The highest BCUT2D eigenvalue weighted by molar-refractivity contribution is 5.96. The lowest BCUT2D eigenvalue weighted by atomic mass is 10.0. The van der Waals surface area contributed by atoms with Gasteiger partial charge in [-0.2, -0.15) is 0 Å². The number of carbonyl (C=O) groups excluding carboxylic acids is 2. The van der Waals surface area contributed by atoms with Gasteiger partial charge in [-0.15, -0.1) is 0 Å². The van der Waals surface area contributed by atoms with Gasteiger partial charge >= 0.3 is 0 Å². The second kappa shape index (κ2) is 7.51. The molecule has 0 bridgehead atoms. The Labute approximate surface area is 148 Å². The Morgan fingerprint density at radius 1 is 1.08 bits per heavy atom. The third-order valence-electron chi connectivity index (χ3n) is 4.64. The minimum atomic E-state index is -0.199. The largest absolute Gasteiger partial charge is 0.343 e. The Morgan fingerprint density at radius 2 is 1.76 bits per heavy atom. The maximum absolute atomic E-state index is 12.6. The first-order chi connectivity index (χ1) is 12.0. The number of hydrogen-bond acceptors (Lipinski definition) is 2. The van der Waals surface area contributed by atoms with Crippen LogP contribution < -0.4 is 5.32 Å². The van der Waals surface area contributed by atoms with Gasteiger partial charge in [-0.3, -0.25) is 9.59 Å². The first-order valence-corrected chi connectivity index (χ1v) is 8.75. The molecule has 4 nitrogen and oxygen atoms in total. The summed E-state index contributed by atoms with van der Waals surface area (Å²) in [6.07, 6.45) is 1.97. The molecule has 1 saturated heterocycles. The van der Waals surface area contributed by atoms with Crippen molar-refractivity contribution in [2.75, 3.05) is 13.1 Å². The van der Waals surface area contributed by atoms with E-state index in [9.17, 15) is 9.59 Å². The minimum Gasteiger partial charge on any atom is -0.343 e. The summed E-state index contributed by atoms with van der Waals surface area (Å²) in [5.74, 6) is -0.223. The van der Waals surface area contributed by atoms with Gasteiger partial charge in [-0.25, -0.2) is 0 Å². The number of aryl methyl sites for hydroxylation is 2. The van der Waals surface area contributed by atoms with Crippen LogP contribution in [0.4, 0.5) is 0 Å².